The average Bonchev–Trinajstić information content (AvgIpc) is 3.09. The second-order valence-corrected chi connectivity index (χ2v) is 6.20. The van der Waals surface area contributed by atoms with Crippen molar-refractivity contribution in [2.75, 3.05) is 16.8 Å². The van der Waals surface area contributed by atoms with Crippen LogP contribution in [-0.2, 0) is 0 Å². The van der Waals surface area contributed by atoms with Gasteiger partial charge in [-0.1, -0.05) is 24.3 Å². The van der Waals surface area contributed by atoms with Crippen molar-refractivity contribution in [2.24, 2.45) is 5.73 Å². The molecule has 2 aromatic rings. The van der Waals surface area contributed by atoms with E-state index in [1.54, 1.807) is 4.90 Å². The fourth-order valence-electron chi connectivity index (χ4n) is 3.56. The third-order valence-corrected chi connectivity index (χ3v) is 4.72. The highest BCUT2D eigenvalue weighted by atomic mass is 16.5. The van der Waals surface area contributed by atoms with Gasteiger partial charge in [0.2, 0.25) is 0 Å². The van der Waals surface area contributed by atoms with Crippen LogP contribution < -0.4 is 20.7 Å². The maximum absolute atomic E-state index is 9.84. The number of nitrogens with zero attached hydrogens (tertiary/aromatic N) is 3. The van der Waals surface area contributed by atoms with Crippen molar-refractivity contribution in [3.8, 4) is 17.9 Å². The zero-order chi connectivity index (χ0) is 19.0. The van der Waals surface area contributed by atoms with Gasteiger partial charge in [-0.15, -0.1) is 0 Å². The second-order valence-electron chi connectivity index (χ2n) is 6.20. The summed E-state index contributed by atoms with van der Waals surface area (Å²) in [6.45, 7) is 2.50. The fourth-order valence-corrected chi connectivity index (χ4v) is 3.56. The van der Waals surface area contributed by atoms with E-state index < -0.39 is 5.92 Å². The van der Waals surface area contributed by atoms with E-state index in [0.29, 0.717) is 23.7 Å². The largest absolute Gasteiger partial charge is 0.494 e. The zero-order valence-electron chi connectivity index (χ0n) is 14.7. The van der Waals surface area contributed by atoms with E-state index in [4.69, 9.17) is 10.5 Å². The SMILES string of the molecule is CCOc1ccc(C2C(N)=C3Nc4ccccc4N3C(C#N)=C2C#N)cc1. The van der Waals surface area contributed by atoms with Gasteiger partial charge in [0.15, 0.2) is 0 Å². The number of nitrogens with one attached hydrogen (secondary N) is 1. The number of hydrogen-bond donors (Lipinski definition) is 2. The summed E-state index contributed by atoms with van der Waals surface area (Å²) in [6, 6.07) is 19.5. The number of rotatable bonds is 3. The summed E-state index contributed by atoms with van der Waals surface area (Å²) < 4.78 is 5.49. The van der Waals surface area contributed by atoms with Crippen molar-refractivity contribution in [1.29, 1.82) is 10.5 Å². The molecule has 1 unspecified atom stereocenters. The van der Waals surface area contributed by atoms with E-state index in [0.717, 1.165) is 22.7 Å². The van der Waals surface area contributed by atoms with Crippen LogP contribution in [0.15, 0.2) is 71.3 Å². The normalized spacial score (nSPS) is 17.6. The van der Waals surface area contributed by atoms with Gasteiger partial charge in [0.25, 0.3) is 0 Å². The molecule has 2 aliphatic rings. The average molecular weight is 355 g/mol. The first-order chi connectivity index (χ1) is 13.2. The van der Waals surface area contributed by atoms with Gasteiger partial charge < -0.3 is 15.8 Å². The predicted octanol–water partition coefficient (Wildman–Crippen LogP) is 3.54. The lowest BCUT2D eigenvalue weighted by Crippen LogP contribution is -2.33. The summed E-state index contributed by atoms with van der Waals surface area (Å²) in [7, 11) is 0. The van der Waals surface area contributed by atoms with Crippen molar-refractivity contribution in [2.45, 2.75) is 12.8 Å². The quantitative estimate of drug-likeness (QED) is 0.874. The lowest BCUT2D eigenvalue weighted by atomic mass is 9.85. The summed E-state index contributed by atoms with van der Waals surface area (Å²) in [5, 5.41) is 22.9. The van der Waals surface area contributed by atoms with Gasteiger partial charge in [0.1, 0.15) is 23.3 Å². The van der Waals surface area contributed by atoms with E-state index in [1.165, 1.54) is 0 Å². The van der Waals surface area contributed by atoms with Crippen LogP contribution in [0.1, 0.15) is 18.4 Å². The molecule has 0 aliphatic carbocycles. The highest BCUT2D eigenvalue weighted by Gasteiger charge is 2.39. The number of nitrogens with two attached hydrogens (primary N) is 1. The Labute approximate surface area is 157 Å². The van der Waals surface area contributed by atoms with Gasteiger partial charge in [-0.05, 0) is 36.8 Å². The van der Waals surface area contributed by atoms with Crippen LogP contribution >= 0.6 is 0 Å². The Kier molecular flexibility index (Phi) is 3.95. The van der Waals surface area contributed by atoms with E-state index in [1.807, 2.05) is 55.5 Å². The first kappa shape index (κ1) is 16.6. The third-order valence-electron chi connectivity index (χ3n) is 4.72. The van der Waals surface area contributed by atoms with E-state index in [-0.39, 0.29) is 5.70 Å². The Bertz CT molecular complexity index is 1050. The van der Waals surface area contributed by atoms with Crippen molar-refractivity contribution in [1.82, 2.24) is 0 Å². The summed E-state index contributed by atoms with van der Waals surface area (Å²) in [6.07, 6.45) is 0. The predicted molar refractivity (Wildman–Crippen MR) is 102 cm³/mol. The van der Waals surface area contributed by atoms with Crippen molar-refractivity contribution in [3.05, 3.63) is 76.9 Å². The fraction of sp³-hybridized carbons (Fsp3) is 0.143. The van der Waals surface area contributed by atoms with Gasteiger partial charge in [0.05, 0.1) is 41.2 Å². The summed E-state index contributed by atoms with van der Waals surface area (Å²) in [5.41, 5.74) is 10.1. The van der Waals surface area contributed by atoms with E-state index in [9.17, 15) is 10.5 Å². The summed E-state index contributed by atoms with van der Waals surface area (Å²) in [4.78, 5) is 1.73. The summed E-state index contributed by atoms with van der Waals surface area (Å²) in [5.74, 6) is 0.887. The highest BCUT2D eigenvalue weighted by Crippen LogP contribution is 2.47. The highest BCUT2D eigenvalue weighted by molar-refractivity contribution is 5.87. The number of para-hydroxylation sites is 2. The van der Waals surface area contributed by atoms with Gasteiger partial charge in [0, 0.05) is 0 Å². The molecule has 27 heavy (non-hydrogen) atoms. The smallest absolute Gasteiger partial charge is 0.141 e. The minimum absolute atomic E-state index is 0.290. The van der Waals surface area contributed by atoms with Crippen LogP contribution in [0.5, 0.6) is 5.75 Å². The number of anilines is 2. The molecule has 0 aromatic heterocycles. The number of ether oxygens (including phenoxy) is 1. The van der Waals surface area contributed by atoms with Crippen LogP contribution in [0.25, 0.3) is 0 Å². The number of hydrogen-bond acceptors (Lipinski definition) is 6. The monoisotopic (exact) mass is 355 g/mol. The Hall–Kier alpha value is -3.90. The summed E-state index contributed by atoms with van der Waals surface area (Å²) >= 11 is 0. The van der Waals surface area contributed by atoms with Crippen LogP contribution in [0, 0.1) is 22.7 Å². The molecule has 6 heteroatoms. The number of benzene rings is 2. The molecule has 0 radical (unpaired) electrons. The second kappa shape index (κ2) is 6.44. The molecule has 0 bridgehead atoms. The molecule has 2 heterocycles. The molecule has 0 saturated heterocycles. The van der Waals surface area contributed by atoms with Crippen LogP contribution in [0.4, 0.5) is 11.4 Å². The van der Waals surface area contributed by atoms with Crippen molar-refractivity contribution in [3.63, 3.8) is 0 Å². The first-order valence-electron chi connectivity index (χ1n) is 8.62. The third kappa shape index (κ3) is 2.47. The van der Waals surface area contributed by atoms with Crippen molar-refractivity contribution >= 4 is 11.4 Å². The Morgan fingerprint density at radius 2 is 1.85 bits per heavy atom. The topological polar surface area (TPSA) is 98.1 Å². The van der Waals surface area contributed by atoms with Crippen LogP contribution in [-0.4, -0.2) is 6.61 Å². The first-order valence-corrected chi connectivity index (χ1v) is 8.62. The molecular weight excluding hydrogens is 338 g/mol. The maximum Gasteiger partial charge on any atom is 0.141 e. The van der Waals surface area contributed by atoms with E-state index in [2.05, 4.69) is 17.5 Å². The van der Waals surface area contributed by atoms with Gasteiger partial charge in [-0.2, -0.15) is 10.5 Å². The molecule has 2 aromatic carbocycles. The molecule has 0 saturated carbocycles. The minimum atomic E-state index is -0.492. The molecule has 0 amide bonds. The number of nitriles is 2. The molecule has 132 valence electrons. The lowest BCUT2D eigenvalue weighted by Gasteiger charge is -2.31. The van der Waals surface area contributed by atoms with Gasteiger partial charge >= 0.3 is 0 Å². The minimum Gasteiger partial charge on any atom is -0.494 e. The van der Waals surface area contributed by atoms with Gasteiger partial charge in [-0.25, -0.2) is 0 Å². The molecule has 0 spiro atoms. The molecular formula is C21H17N5O. The van der Waals surface area contributed by atoms with Crippen LogP contribution in [0.2, 0.25) is 0 Å². The molecule has 1 atom stereocenters. The molecule has 3 N–H and O–H groups in total. The Morgan fingerprint density at radius 1 is 1.11 bits per heavy atom. The standard InChI is InChI=1S/C21H17N5O/c1-2-27-14-9-7-13(8-10-14)19-15(11-22)18(12-23)26-17-6-4-3-5-16(17)25-21(26)20(19)24/h3-10,19,25H,2,24H2,1H3. The molecule has 4 rings (SSSR count). The molecule has 0 fully saturated rings. The van der Waals surface area contributed by atoms with Gasteiger partial charge in [-0.3, -0.25) is 4.90 Å². The van der Waals surface area contributed by atoms with Crippen LogP contribution in [0.3, 0.4) is 0 Å². The number of allylic oxidation sites excluding steroid dienone is 2. The Balaban J connectivity index is 1.87. The molecule has 2 aliphatic heterocycles. The number of fused-ring (bicyclic) bond motifs is 3. The van der Waals surface area contributed by atoms with E-state index >= 15 is 0 Å². The van der Waals surface area contributed by atoms with Crippen molar-refractivity contribution < 1.29 is 4.74 Å². The maximum atomic E-state index is 9.84. The Morgan fingerprint density at radius 3 is 2.52 bits per heavy atom. The zero-order valence-corrected chi connectivity index (χ0v) is 14.7. The molecule has 6 nitrogen and oxygen atoms in total. The lowest BCUT2D eigenvalue weighted by molar-refractivity contribution is 0.340.